The molecule has 0 spiro atoms. The van der Waals surface area contributed by atoms with Crippen LogP contribution in [0, 0.1) is 0 Å². The van der Waals surface area contributed by atoms with Crippen LogP contribution in [0.25, 0.3) is 0 Å². The minimum atomic E-state index is -0.0599. The fourth-order valence-corrected chi connectivity index (χ4v) is 3.16. The Bertz CT molecular complexity index is 810. The molecule has 1 amide bonds. The maximum absolute atomic E-state index is 11.9. The highest BCUT2D eigenvalue weighted by Crippen LogP contribution is 2.23. The maximum atomic E-state index is 11.9. The summed E-state index contributed by atoms with van der Waals surface area (Å²) in [5.41, 5.74) is 0.704. The monoisotopic (exact) mass is 391 g/mol. The summed E-state index contributed by atoms with van der Waals surface area (Å²) in [6.07, 6.45) is 8.11. The Kier molecular flexibility index (Phi) is 6.25. The molecule has 10 heteroatoms. The van der Waals surface area contributed by atoms with E-state index in [1.165, 1.54) is 12.3 Å². The number of hydrogen-bond acceptors (Lipinski definition) is 7. The Hall–Kier alpha value is -2.65. The number of amides is 1. The van der Waals surface area contributed by atoms with Crippen molar-refractivity contribution < 1.29 is 9.90 Å². The van der Waals surface area contributed by atoms with Crippen LogP contribution in [0.15, 0.2) is 31.2 Å². The van der Waals surface area contributed by atoms with Crippen LogP contribution in [-0.2, 0) is 11.3 Å². The number of likely N-dealkylation sites (tertiary alicyclic amines) is 1. The molecule has 3 heterocycles. The molecule has 9 nitrogen and oxygen atoms in total. The Labute approximate surface area is 162 Å². The highest BCUT2D eigenvalue weighted by molar-refractivity contribution is 6.32. The van der Waals surface area contributed by atoms with Gasteiger partial charge in [0.25, 0.3) is 0 Å². The Morgan fingerprint density at radius 2 is 2.33 bits per heavy atom. The van der Waals surface area contributed by atoms with E-state index in [0.717, 1.165) is 19.4 Å². The molecule has 1 saturated heterocycles. The van der Waals surface area contributed by atoms with Crippen LogP contribution in [-0.4, -0.2) is 61.4 Å². The number of nitrogens with one attached hydrogen (secondary N) is 2. The second kappa shape index (κ2) is 8.83. The molecule has 1 fully saturated rings. The van der Waals surface area contributed by atoms with Crippen LogP contribution in [0.4, 0.5) is 17.5 Å². The predicted molar refractivity (Wildman–Crippen MR) is 103 cm³/mol. The molecular formula is C17H22ClN7O2. The molecule has 0 aromatic carbocycles. The minimum Gasteiger partial charge on any atom is -0.394 e. The third-order valence-electron chi connectivity index (χ3n) is 4.30. The number of carbonyl (C=O) groups is 1. The average molecular weight is 392 g/mol. The van der Waals surface area contributed by atoms with Crippen molar-refractivity contribution in [2.24, 2.45) is 0 Å². The zero-order valence-electron chi connectivity index (χ0n) is 14.8. The van der Waals surface area contributed by atoms with Gasteiger partial charge in [-0.05, 0) is 18.9 Å². The van der Waals surface area contributed by atoms with E-state index in [1.807, 2.05) is 4.90 Å². The van der Waals surface area contributed by atoms with Gasteiger partial charge in [0.05, 0.1) is 31.2 Å². The van der Waals surface area contributed by atoms with E-state index in [0.29, 0.717) is 35.6 Å². The zero-order valence-corrected chi connectivity index (χ0v) is 15.6. The number of aliphatic hydroxyl groups is 1. The van der Waals surface area contributed by atoms with Gasteiger partial charge >= 0.3 is 0 Å². The topological polar surface area (TPSA) is 108 Å². The second-order valence-electron chi connectivity index (χ2n) is 6.14. The van der Waals surface area contributed by atoms with Crippen molar-refractivity contribution in [2.75, 3.05) is 30.3 Å². The van der Waals surface area contributed by atoms with Gasteiger partial charge < -0.3 is 20.6 Å². The first-order valence-electron chi connectivity index (χ1n) is 8.70. The standard InChI is InChI=1S/C17H22ClN7O2/c1-2-15(27)25-5-3-4-13(25)9-19-16-14(18)10-20-17(23-16)22-12-8-21-24(11-12)6-7-26/h2,8,10-11,13,26H,1,3-7,9H2,(H2,19,20,22,23). The van der Waals surface area contributed by atoms with Gasteiger partial charge in [0.15, 0.2) is 5.82 Å². The first kappa shape index (κ1) is 19.1. The summed E-state index contributed by atoms with van der Waals surface area (Å²) in [6, 6.07) is 0.0784. The number of hydrogen-bond donors (Lipinski definition) is 3. The minimum absolute atomic E-state index is 0.0131. The van der Waals surface area contributed by atoms with Crippen LogP contribution < -0.4 is 10.6 Å². The number of nitrogens with zero attached hydrogens (tertiary/aromatic N) is 5. The number of carbonyl (C=O) groups excluding carboxylic acids is 1. The normalized spacial score (nSPS) is 16.4. The van der Waals surface area contributed by atoms with Crippen molar-refractivity contribution in [1.82, 2.24) is 24.6 Å². The van der Waals surface area contributed by atoms with Crippen LogP contribution in [0.2, 0.25) is 5.02 Å². The van der Waals surface area contributed by atoms with Crippen molar-refractivity contribution in [1.29, 1.82) is 0 Å². The Morgan fingerprint density at radius 3 is 3.11 bits per heavy atom. The van der Waals surface area contributed by atoms with Gasteiger partial charge in [0.1, 0.15) is 5.02 Å². The lowest BCUT2D eigenvalue weighted by atomic mass is 10.2. The molecule has 1 aliphatic heterocycles. The smallest absolute Gasteiger partial charge is 0.246 e. The SMILES string of the molecule is C=CC(=O)N1CCCC1CNc1nc(Nc2cnn(CCO)c2)ncc1Cl. The fourth-order valence-electron chi connectivity index (χ4n) is 3.00. The summed E-state index contributed by atoms with van der Waals surface area (Å²) >= 11 is 6.20. The molecule has 0 saturated carbocycles. The molecule has 1 unspecified atom stereocenters. The first-order chi connectivity index (χ1) is 13.1. The average Bonchev–Trinajstić information content (AvgIpc) is 3.31. The van der Waals surface area contributed by atoms with Crippen molar-refractivity contribution in [3.05, 3.63) is 36.3 Å². The lowest BCUT2D eigenvalue weighted by Gasteiger charge is -2.24. The molecule has 0 bridgehead atoms. The molecule has 0 radical (unpaired) electrons. The third kappa shape index (κ3) is 4.75. The predicted octanol–water partition coefficient (Wildman–Crippen LogP) is 1.65. The van der Waals surface area contributed by atoms with E-state index in [9.17, 15) is 4.79 Å². The van der Waals surface area contributed by atoms with Crippen molar-refractivity contribution in [3.63, 3.8) is 0 Å². The molecule has 144 valence electrons. The van der Waals surface area contributed by atoms with Crippen LogP contribution in [0.1, 0.15) is 12.8 Å². The summed E-state index contributed by atoms with van der Waals surface area (Å²) in [4.78, 5) is 22.3. The number of aliphatic hydroxyl groups excluding tert-OH is 1. The fraction of sp³-hybridized carbons (Fsp3) is 0.412. The van der Waals surface area contributed by atoms with Gasteiger partial charge in [-0.1, -0.05) is 18.2 Å². The van der Waals surface area contributed by atoms with Gasteiger partial charge in [-0.3, -0.25) is 9.48 Å². The Morgan fingerprint density at radius 1 is 1.48 bits per heavy atom. The van der Waals surface area contributed by atoms with E-state index in [2.05, 4.69) is 32.3 Å². The molecular weight excluding hydrogens is 370 g/mol. The van der Waals surface area contributed by atoms with Crippen LogP contribution >= 0.6 is 11.6 Å². The zero-order chi connectivity index (χ0) is 19.2. The van der Waals surface area contributed by atoms with Gasteiger partial charge in [-0.25, -0.2) is 4.98 Å². The van der Waals surface area contributed by atoms with Gasteiger partial charge in [-0.2, -0.15) is 10.1 Å². The quantitative estimate of drug-likeness (QED) is 0.587. The van der Waals surface area contributed by atoms with Gasteiger partial charge in [-0.15, -0.1) is 0 Å². The highest BCUT2D eigenvalue weighted by atomic mass is 35.5. The lowest BCUT2D eigenvalue weighted by Crippen LogP contribution is -2.38. The Balaban J connectivity index is 1.64. The number of halogens is 1. The molecule has 2 aromatic rings. The summed E-state index contributed by atoms with van der Waals surface area (Å²) in [7, 11) is 0. The summed E-state index contributed by atoms with van der Waals surface area (Å²) in [5.74, 6) is 0.807. The third-order valence-corrected chi connectivity index (χ3v) is 4.58. The summed E-state index contributed by atoms with van der Waals surface area (Å²) in [6.45, 7) is 5.26. The maximum Gasteiger partial charge on any atom is 0.246 e. The molecule has 2 aromatic heterocycles. The molecule has 1 aliphatic rings. The van der Waals surface area contributed by atoms with E-state index in [4.69, 9.17) is 16.7 Å². The molecule has 0 aliphatic carbocycles. The van der Waals surface area contributed by atoms with Crippen molar-refractivity contribution in [3.8, 4) is 0 Å². The molecule has 3 rings (SSSR count). The van der Waals surface area contributed by atoms with Crippen molar-refractivity contribution >= 4 is 35.0 Å². The molecule has 27 heavy (non-hydrogen) atoms. The molecule has 1 atom stereocenters. The number of aromatic nitrogens is 4. The van der Waals surface area contributed by atoms with E-state index in [1.54, 1.807) is 17.1 Å². The number of rotatable bonds is 8. The largest absolute Gasteiger partial charge is 0.394 e. The van der Waals surface area contributed by atoms with E-state index < -0.39 is 0 Å². The number of anilines is 3. The van der Waals surface area contributed by atoms with Gasteiger partial charge in [0, 0.05) is 25.3 Å². The van der Waals surface area contributed by atoms with Crippen molar-refractivity contribution in [2.45, 2.75) is 25.4 Å². The molecule has 3 N–H and O–H groups in total. The van der Waals surface area contributed by atoms with E-state index in [-0.39, 0.29) is 18.6 Å². The van der Waals surface area contributed by atoms with Gasteiger partial charge in [0.2, 0.25) is 11.9 Å². The second-order valence-corrected chi connectivity index (χ2v) is 6.55. The van der Waals surface area contributed by atoms with E-state index >= 15 is 0 Å². The summed E-state index contributed by atoms with van der Waals surface area (Å²) < 4.78 is 1.61. The highest BCUT2D eigenvalue weighted by Gasteiger charge is 2.27. The van der Waals surface area contributed by atoms with Crippen LogP contribution in [0.5, 0.6) is 0 Å². The summed E-state index contributed by atoms with van der Waals surface area (Å²) in [5, 5.41) is 19.7. The first-order valence-corrected chi connectivity index (χ1v) is 9.08. The van der Waals surface area contributed by atoms with Crippen LogP contribution in [0.3, 0.4) is 0 Å². The lowest BCUT2D eigenvalue weighted by molar-refractivity contribution is -0.126.